The van der Waals surface area contributed by atoms with E-state index in [2.05, 4.69) is 10.6 Å². The molecule has 0 aromatic carbocycles. The fourth-order valence-electron chi connectivity index (χ4n) is 1.85. The van der Waals surface area contributed by atoms with Gasteiger partial charge in [0.2, 0.25) is 0 Å². The molecule has 0 unspecified atom stereocenters. The molecule has 0 bridgehead atoms. The second-order valence-corrected chi connectivity index (χ2v) is 4.75. The summed E-state index contributed by atoms with van der Waals surface area (Å²) in [6, 6.07) is 2.06. The molecule has 1 amide bonds. The van der Waals surface area contributed by atoms with Crippen LogP contribution in [0.1, 0.15) is 22.5 Å². The largest absolute Gasteiger partial charge is 0.495 e. The van der Waals surface area contributed by atoms with Gasteiger partial charge in [-0.1, -0.05) is 0 Å². The minimum Gasteiger partial charge on any atom is -0.495 e. The van der Waals surface area contributed by atoms with E-state index in [0.717, 1.165) is 25.9 Å². The number of carbonyl (C=O) groups excluding carboxylic acids is 1. The van der Waals surface area contributed by atoms with Crippen LogP contribution in [0.25, 0.3) is 0 Å². The normalized spacial score (nSPS) is 19.2. The van der Waals surface area contributed by atoms with Gasteiger partial charge in [-0.2, -0.15) is 0 Å². The SMILES string of the molecule is COc1ccsc1C(=O)N[C@@H]1CCCNC1.Cl. The number of hydrogen-bond acceptors (Lipinski definition) is 4. The molecule has 0 aliphatic carbocycles. The van der Waals surface area contributed by atoms with Gasteiger partial charge in [-0.05, 0) is 30.8 Å². The van der Waals surface area contributed by atoms with Crippen LogP contribution in [-0.2, 0) is 0 Å². The van der Waals surface area contributed by atoms with Crippen molar-refractivity contribution in [3.05, 3.63) is 16.3 Å². The predicted molar refractivity (Wildman–Crippen MR) is 71.5 cm³/mol. The summed E-state index contributed by atoms with van der Waals surface area (Å²) in [5.41, 5.74) is 0. The Morgan fingerprint density at radius 1 is 1.65 bits per heavy atom. The van der Waals surface area contributed by atoms with Crippen molar-refractivity contribution in [2.24, 2.45) is 0 Å². The first-order valence-corrected chi connectivity index (χ1v) is 6.32. The van der Waals surface area contributed by atoms with Crippen LogP contribution < -0.4 is 15.4 Å². The van der Waals surface area contributed by atoms with Crippen molar-refractivity contribution < 1.29 is 9.53 Å². The number of carbonyl (C=O) groups is 1. The zero-order chi connectivity index (χ0) is 11.4. The van der Waals surface area contributed by atoms with Crippen LogP contribution in [0, 0.1) is 0 Å². The monoisotopic (exact) mass is 276 g/mol. The number of hydrogen-bond donors (Lipinski definition) is 2. The van der Waals surface area contributed by atoms with Crippen molar-refractivity contribution >= 4 is 29.7 Å². The third kappa shape index (κ3) is 3.59. The minimum absolute atomic E-state index is 0. The Bertz CT molecular complexity index is 364. The van der Waals surface area contributed by atoms with Gasteiger partial charge in [0.25, 0.3) is 5.91 Å². The van der Waals surface area contributed by atoms with Crippen molar-refractivity contribution in [3.63, 3.8) is 0 Å². The summed E-state index contributed by atoms with van der Waals surface area (Å²) >= 11 is 1.41. The Balaban J connectivity index is 0.00000144. The van der Waals surface area contributed by atoms with E-state index in [1.54, 1.807) is 7.11 Å². The standard InChI is InChI=1S/C11H16N2O2S.ClH/c1-15-9-4-6-16-10(9)11(14)13-8-3-2-5-12-7-8;/h4,6,8,12H,2-3,5,7H2,1H3,(H,13,14);1H/t8-;/m1./s1. The van der Waals surface area contributed by atoms with Gasteiger partial charge in [-0.15, -0.1) is 23.7 Å². The van der Waals surface area contributed by atoms with Crippen LogP contribution in [0.15, 0.2) is 11.4 Å². The van der Waals surface area contributed by atoms with E-state index in [9.17, 15) is 4.79 Å². The molecule has 1 fully saturated rings. The highest BCUT2D eigenvalue weighted by atomic mass is 35.5. The maximum atomic E-state index is 11.9. The highest BCUT2D eigenvalue weighted by Crippen LogP contribution is 2.24. The molecule has 1 aromatic heterocycles. The first-order chi connectivity index (χ1) is 7.81. The molecular weight excluding hydrogens is 260 g/mol. The number of ether oxygens (including phenoxy) is 1. The topological polar surface area (TPSA) is 50.4 Å². The summed E-state index contributed by atoms with van der Waals surface area (Å²) < 4.78 is 5.13. The summed E-state index contributed by atoms with van der Waals surface area (Å²) in [6.07, 6.45) is 2.17. The maximum Gasteiger partial charge on any atom is 0.265 e. The molecule has 4 nitrogen and oxygen atoms in total. The molecule has 2 rings (SSSR count). The van der Waals surface area contributed by atoms with Crippen molar-refractivity contribution in [2.75, 3.05) is 20.2 Å². The summed E-state index contributed by atoms with van der Waals surface area (Å²) in [6.45, 7) is 1.91. The van der Waals surface area contributed by atoms with Crippen molar-refractivity contribution in [1.82, 2.24) is 10.6 Å². The second-order valence-electron chi connectivity index (χ2n) is 3.83. The number of thiophene rings is 1. The second kappa shape index (κ2) is 6.83. The first kappa shape index (κ1) is 14.3. The van der Waals surface area contributed by atoms with E-state index >= 15 is 0 Å². The predicted octanol–water partition coefficient (Wildman–Crippen LogP) is 1.66. The highest BCUT2D eigenvalue weighted by molar-refractivity contribution is 7.12. The van der Waals surface area contributed by atoms with Gasteiger partial charge in [0.15, 0.2) is 0 Å². The molecule has 96 valence electrons. The number of nitrogens with one attached hydrogen (secondary N) is 2. The van der Waals surface area contributed by atoms with E-state index in [0.29, 0.717) is 10.6 Å². The maximum absolute atomic E-state index is 11.9. The van der Waals surface area contributed by atoms with Gasteiger partial charge < -0.3 is 15.4 Å². The van der Waals surface area contributed by atoms with E-state index in [4.69, 9.17) is 4.74 Å². The van der Waals surface area contributed by atoms with Crippen LogP contribution in [0.4, 0.5) is 0 Å². The Labute approximate surface area is 111 Å². The Morgan fingerprint density at radius 3 is 3.12 bits per heavy atom. The van der Waals surface area contributed by atoms with Gasteiger partial charge in [0.05, 0.1) is 7.11 Å². The van der Waals surface area contributed by atoms with Crippen LogP contribution >= 0.6 is 23.7 Å². The fraction of sp³-hybridized carbons (Fsp3) is 0.545. The Kier molecular flexibility index (Phi) is 5.74. The van der Waals surface area contributed by atoms with Gasteiger partial charge >= 0.3 is 0 Å². The molecule has 0 radical (unpaired) electrons. The van der Waals surface area contributed by atoms with E-state index in [-0.39, 0.29) is 24.4 Å². The number of halogens is 1. The number of piperidine rings is 1. The average molecular weight is 277 g/mol. The van der Waals surface area contributed by atoms with E-state index in [1.807, 2.05) is 11.4 Å². The van der Waals surface area contributed by atoms with Crippen LogP contribution in [0.5, 0.6) is 5.75 Å². The molecule has 6 heteroatoms. The fourth-order valence-corrected chi connectivity index (χ4v) is 2.61. The van der Waals surface area contributed by atoms with Gasteiger partial charge in [0, 0.05) is 12.6 Å². The lowest BCUT2D eigenvalue weighted by atomic mass is 10.1. The molecule has 2 heterocycles. The Morgan fingerprint density at radius 2 is 2.47 bits per heavy atom. The van der Waals surface area contributed by atoms with Crippen molar-refractivity contribution in [3.8, 4) is 5.75 Å². The lowest BCUT2D eigenvalue weighted by Gasteiger charge is -2.23. The highest BCUT2D eigenvalue weighted by Gasteiger charge is 2.19. The number of methoxy groups -OCH3 is 1. The minimum atomic E-state index is -0.0273. The lowest BCUT2D eigenvalue weighted by molar-refractivity contribution is 0.0932. The first-order valence-electron chi connectivity index (χ1n) is 5.44. The van der Waals surface area contributed by atoms with Gasteiger partial charge in [-0.3, -0.25) is 4.79 Å². The smallest absolute Gasteiger partial charge is 0.265 e. The summed E-state index contributed by atoms with van der Waals surface area (Å²) in [4.78, 5) is 12.6. The summed E-state index contributed by atoms with van der Waals surface area (Å²) in [5, 5.41) is 8.16. The molecule has 17 heavy (non-hydrogen) atoms. The quantitative estimate of drug-likeness (QED) is 0.883. The molecule has 0 spiro atoms. The van der Waals surface area contributed by atoms with E-state index in [1.165, 1.54) is 11.3 Å². The Hall–Kier alpha value is -0.780. The van der Waals surface area contributed by atoms with Crippen molar-refractivity contribution in [1.29, 1.82) is 0 Å². The lowest BCUT2D eigenvalue weighted by Crippen LogP contribution is -2.45. The van der Waals surface area contributed by atoms with Crippen LogP contribution in [0.2, 0.25) is 0 Å². The van der Waals surface area contributed by atoms with Crippen LogP contribution in [0.3, 0.4) is 0 Å². The molecule has 1 aliphatic heterocycles. The molecule has 2 N–H and O–H groups in total. The molecular formula is C11H17ClN2O2S. The number of rotatable bonds is 3. The molecule has 1 saturated heterocycles. The molecule has 0 saturated carbocycles. The van der Waals surface area contributed by atoms with Crippen molar-refractivity contribution in [2.45, 2.75) is 18.9 Å². The van der Waals surface area contributed by atoms with E-state index < -0.39 is 0 Å². The van der Waals surface area contributed by atoms with Crippen LogP contribution in [-0.4, -0.2) is 32.1 Å². The average Bonchev–Trinajstić information content (AvgIpc) is 2.78. The molecule has 1 atom stereocenters. The summed E-state index contributed by atoms with van der Waals surface area (Å²) in [7, 11) is 1.58. The summed E-state index contributed by atoms with van der Waals surface area (Å²) in [5.74, 6) is 0.631. The third-order valence-corrected chi connectivity index (χ3v) is 3.58. The van der Waals surface area contributed by atoms with Gasteiger partial charge in [-0.25, -0.2) is 0 Å². The molecule has 1 aliphatic rings. The zero-order valence-corrected chi connectivity index (χ0v) is 11.3. The zero-order valence-electron chi connectivity index (χ0n) is 9.69. The molecule has 1 aromatic rings. The van der Waals surface area contributed by atoms with Gasteiger partial charge in [0.1, 0.15) is 10.6 Å². The third-order valence-electron chi connectivity index (χ3n) is 2.69. The number of amides is 1.